The van der Waals surface area contributed by atoms with E-state index in [4.69, 9.17) is 4.99 Å². The van der Waals surface area contributed by atoms with Gasteiger partial charge in [-0.1, -0.05) is 41.5 Å². The summed E-state index contributed by atoms with van der Waals surface area (Å²) in [5.74, 6) is 1.12. The smallest absolute Gasteiger partial charge is 0.194 e. The Labute approximate surface area is 99.3 Å². The molecule has 0 bridgehead atoms. The number of nitrogens with zero attached hydrogens (tertiary/aromatic N) is 2. The second-order valence-electron chi connectivity index (χ2n) is 7.30. The lowest BCUT2D eigenvalue weighted by molar-refractivity contribution is 0.253. The molecular formula is C13H25N3. The number of rotatable bonds is 0. The number of guanidine groups is 1. The molecule has 1 saturated heterocycles. The monoisotopic (exact) mass is 223 g/mol. The highest BCUT2D eigenvalue weighted by Crippen LogP contribution is 2.31. The maximum atomic E-state index is 4.82. The second-order valence-corrected chi connectivity index (χ2v) is 7.30. The van der Waals surface area contributed by atoms with Crippen molar-refractivity contribution in [1.82, 2.24) is 10.2 Å². The number of fused-ring (bicyclic) bond motifs is 1. The van der Waals surface area contributed by atoms with E-state index in [1.165, 1.54) is 0 Å². The van der Waals surface area contributed by atoms with Crippen LogP contribution in [0.15, 0.2) is 4.99 Å². The van der Waals surface area contributed by atoms with E-state index in [-0.39, 0.29) is 5.41 Å². The Morgan fingerprint density at radius 2 is 1.69 bits per heavy atom. The van der Waals surface area contributed by atoms with Crippen LogP contribution >= 0.6 is 0 Å². The predicted octanol–water partition coefficient (Wildman–Crippen LogP) is 2.09. The van der Waals surface area contributed by atoms with Crippen molar-refractivity contribution in [1.29, 1.82) is 0 Å². The van der Waals surface area contributed by atoms with Crippen LogP contribution in [0, 0.1) is 10.8 Å². The van der Waals surface area contributed by atoms with Crippen LogP contribution < -0.4 is 5.32 Å². The third-order valence-corrected chi connectivity index (χ3v) is 3.72. The van der Waals surface area contributed by atoms with Crippen molar-refractivity contribution in [2.45, 2.75) is 53.6 Å². The quantitative estimate of drug-likeness (QED) is 0.681. The van der Waals surface area contributed by atoms with Crippen molar-refractivity contribution in [2.75, 3.05) is 13.1 Å². The molecule has 0 aromatic rings. The van der Waals surface area contributed by atoms with Crippen LogP contribution in [0.4, 0.5) is 0 Å². The molecule has 2 atom stereocenters. The minimum Gasteiger partial charge on any atom is -0.351 e. The van der Waals surface area contributed by atoms with Crippen molar-refractivity contribution in [3.05, 3.63) is 0 Å². The second kappa shape index (κ2) is 3.38. The van der Waals surface area contributed by atoms with Crippen molar-refractivity contribution in [2.24, 2.45) is 15.8 Å². The highest BCUT2D eigenvalue weighted by molar-refractivity contribution is 5.84. The fourth-order valence-corrected chi connectivity index (χ4v) is 2.23. The first-order valence-corrected chi connectivity index (χ1v) is 6.27. The zero-order valence-electron chi connectivity index (χ0n) is 11.5. The summed E-state index contributed by atoms with van der Waals surface area (Å²) in [5.41, 5.74) is 0.584. The van der Waals surface area contributed by atoms with Gasteiger partial charge in [0, 0.05) is 13.1 Å². The van der Waals surface area contributed by atoms with Gasteiger partial charge in [-0.05, 0) is 10.8 Å². The first kappa shape index (κ1) is 11.7. The largest absolute Gasteiger partial charge is 0.351 e. The van der Waals surface area contributed by atoms with Gasteiger partial charge >= 0.3 is 0 Å². The summed E-state index contributed by atoms with van der Waals surface area (Å²) < 4.78 is 0. The summed E-state index contributed by atoms with van der Waals surface area (Å²) in [7, 11) is 0. The highest BCUT2D eigenvalue weighted by Gasteiger charge is 2.41. The van der Waals surface area contributed by atoms with Crippen LogP contribution in [0.25, 0.3) is 0 Å². The molecule has 0 saturated carbocycles. The standard InChI is InChI=1S/C13H25N3/c1-12(2,3)9-7-16-8-10(13(4,5)6)15-11(16)14-9/h9-10H,7-8H2,1-6H3,(H,14,15). The fourth-order valence-electron chi connectivity index (χ4n) is 2.23. The Bertz CT molecular complexity index is 306. The Morgan fingerprint density at radius 3 is 2.12 bits per heavy atom. The Kier molecular flexibility index (Phi) is 2.48. The first-order valence-electron chi connectivity index (χ1n) is 6.27. The maximum Gasteiger partial charge on any atom is 0.194 e. The van der Waals surface area contributed by atoms with Crippen molar-refractivity contribution >= 4 is 5.96 Å². The molecule has 92 valence electrons. The van der Waals surface area contributed by atoms with E-state index in [9.17, 15) is 0 Å². The van der Waals surface area contributed by atoms with Crippen LogP contribution in [0.1, 0.15) is 41.5 Å². The summed E-state index contributed by atoms with van der Waals surface area (Å²) >= 11 is 0. The number of hydrogen-bond donors (Lipinski definition) is 1. The Morgan fingerprint density at radius 1 is 1.06 bits per heavy atom. The molecule has 0 aromatic carbocycles. The lowest BCUT2D eigenvalue weighted by Gasteiger charge is -2.29. The minimum absolute atomic E-state index is 0.274. The van der Waals surface area contributed by atoms with E-state index in [2.05, 4.69) is 51.8 Å². The van der Waals surface area contributed by atoms with Gasteiger partial charge in [0.25, 0.3) is 0 Å². The van der Waals surface area contributed by atoms with Gasteiger partial charge in [0.05, 0.1) is 12.1 Å². The lowest BCUT2D eigenvalue weighted by Crippen LogP contribution is -2.39. The van der Waals surface area contributed by atoms with Gasteiger partial charge in [0.1, 0.15) is 0 Å². The zero-order valence-corrected chi connectivity index (χ0v) is 11.5. The predicted molar refractivity (Wildman–Crippen MR) is 68.6 cm³/mol. The van der Waals surface area contributed by atoms with E-state index in [0.29, 0.717) is 17.5 Å². The van der Waals surface area contributed by atoms with Gasteiger partial charge in [0.15, 0.2) is 5.96 Å². The minimum atomic E-state index is 0.274. The third kappa shape index (κ3) is 2.04. The average molecular weight is 223 g/mol. The first-order chi connectivity index (χ1) is 7.18. The summed E-state index contributed by atoms with van der Waals surface area (Å²) in [6, 6.07) is 0.975. The van der Waals surface area contributed by atoms with E-state index in [1.54, 1.807) is 0 Å². The average Bonchev–Trinajstić information content (AvgIpc) is 2.53. The van der Waals surface area contributed by atoms with E-state index < -0.39 is 0 Å². The third-order valence-electron chi connectivity index (χ3n) is 3.72. The van der Waals surface area contributed by atoms with Gasteiger partial charge in [-0.3, -0.25) is 0 Å². The normalized spacial score (nSPS) is 30.1. The van der Waals surface area contributed by atoms with Gasteiger partial charge in [-0.25, -0.2) is 4.99 Å². The summed E-state index contributed by atoms with van der Waals surface area (Å²) in [6.45, 7) is 15.9. The molecule has 3 nitrogen and oxygen atoms in total. The number of aliphatic imine (C=N–C) groups is 1. The van der Waals surface area contributed by atoms with Crippen LogP contribution in [-0.2, 0) is 0 Å². The lowest BCUT2D eigenvalue weighted by atomic mass is 9.86. The summed E-state index contributed by atoms with van der Waals surface area (Å²) in [5, 5.41) is 3.57. The van der Waals surface area contributed by atoms with Gasteiger partial charge in [-0.2, -0.15) is 0 Å². The molecule has 0 amide bonds. The fraction of sp³-hybridized carbons (Fsp3) is 0.923. The molecule has 2 rings (SSSR count). The van der Waals surface area contributed by atoms with Gasteiger partial charge in [-0.15, -0.1) is 0 Å². The molecule has 16 heavy (non-hydrogen) atoms. The van der Waals surface area contributed by atoms with E-state index in [1.807, 2.05) is 0 Å². The van der Waals surface area contributed by atoms with Gasteiger partial charge < -0.3 is 10.2 Å². The summed E-state index contributed by atoms with van der Waals surface area (Å²) in [6.07, 6.45) is 0. The Hall–Kier alpha value is -0.730. The number of nitrogens with one attached hydrogen (secondary N) is 1. The van der Waals surface area contributed by atoms with Crippen LogP contribution in [0.3, 0.4) is 0 Å². The molecule has 2 aliphatic heterocycles. The molecule has 3 heteroatoms. The molecule has 0 aromatic heterocycles. The van der Waals surface area contributed by atoms with Crippen molar-refractivity contribution < 1.29 is 0 Å². The molecular weight excluding hydrogens is 198 g/mol. The highest BCUT2D eigenvalue weighted by atomic mass is 15.4. The van der Waals surface area contributed by atoms with Gasteiger partial charge in [0.2, 0.25) is 0 Å². The zero-order chi connectivity index (χ0) is 12.1. The molecule has 0 spiro atoms. The Balaban J connectivity index is 2.08. The molecule has 0 aliphatic carbocycles. The molecule has 1 fully saturated rings. The molecule has 0 radical (unpaired) electrons. The topological polar surface area (TPSA) is 27.6 Å². The number of hydrogen-bond acceptors (Lipinski definition) is 3. The molecule has 1 N–H and O–H groups in total. The van der Waals surface area contributed by atoms with Crippen molar-refractivity contribution in [3.8, 4) is 0 Å². The van der Waals surface area contributed by atoms with Crippen molar-refractivity contribution in [3.63, 3.8) is 0 Å². The summed E-state index contributed by atoms with van der Waals surface area (Å²) in [4.78, 5) is 7.23. The van der Waals surface area contributed by atoms with E-state index in [0.717, 1.165) is 19.0 Å². The van der Waals surface area contributed by atoms with Crippen LogP contribution in [0.5, 0.6) is 0 Å². The van der Waals surface area contributed by atoms with E-state index >= 15 is 0 Å². The van der Waals surface area contributed by atoms with Crippen LogP contribution in [0.2, 0.25) is 0 Å². The maximum absolute atomic E-state index is 4.82. The molecule has 2 heterocycles. The van der Waals surface area contributed by atoms with Crippen LogP contribution in [-0.4, -0.2) is 36.0 Å². The SMILES string of the molecule is CC(C)(C)C1CN2CC(C(C)(C)C)NC2=N1. The molecule has 2 unspecified atom stereocenters. The molecule has 2 aliphatic rings.